The second-order valence-electron chi connectivity index (χ2n) is 3.92. The Hall–Kier alpha value is -2.60. The number of benzene rings is 1. The number of aromatic nitrogens is 1. The van der Waals surface area contributed by atoms with Gasteiger partial charge in [0.25, 0.3) is 5.91 Å². The summed E-state index contributed by atoms with van der Waals surface area (Å²) in [5, 5.41) is 12.0. The third-order valence-corrected chi connectivity index (χ3v) is 2.79. The molecule has 0 spiro atoms. The summed E-state index contributed by atoms with van der Waals surface area (Å²) < 4.78 is 0. The van der Waals surface area contributed by atoms with Gasteiger partial charge in [-0.25, -0.2) is 0 Å². The quantitative estimate of drug-likeness (QED) is 0.750. The molecule has 2 rings (SSSR count). The predicted octanol–water partition coefficient (Wildman–Crippen LogP) is 1.79. The maximum Gasteiger partial charge on any atom is 0.274 e. The molecule has 0 saturated heterocycles. The number of anilines is 1. The lowest BCUT2D eigenvalue weighted by Gasteiger charge is -2.06. The molecular formula is C13H10ClN3O3. The summed E-state index contributed by atoms with van der Waals surface area (Å²) in [5.41, 5.74) is 5.83. The number of phenolic OH excluding ortho intramolecular Hbond substituents is 1. The van der Waals surface area contributed by atoms with E-state index in [9.17, 15) is 14.7 Å². The fourth-order valence-electron chi connectivity index (χ4n) is 1.45. The van der Waals surface area contributed by atoms with Gasteiger partial charge in [0.2, 0.25) is 5.91 Å². The van der Waals surface area contributed by atoms with Gasteiger partial charge in [0, 0.05) is 11.9 Å². The van der Waals surface area contributed by atoms with Gasteiger partial charge in [0.05, 0.1) is 10.6 Å². The van der Waals surface area contributed by atoms with Crippen molar-refractivity contribution in [3.8, 4) is 5.75 Å². The molecular weight excluding hydrogens is 282 g/mol. The molecule has 4 N–H and O–H groups in total. The summed E-state index contributed by atoms with van der Waals surface area (Å²) in [7, 11) is 0. The lowest BCUT2D eigenvalue weighted by Crippen LogP contribution is -2.15. The molecule has 7 heteroatoms. The van der Waals surface area contributed by atoms with E-state index >= 15 is 0 Å². The van der Waals surface area contributed by atoms with Crippen LogP contribution in [0.4, 0.5) is 5.69 Å². The Labute approximate surface area is 119 Å². The summed E-state index contributed by atoms with van der Waals surface area (Å²) in [6, 6.07) is 7.07. The first-order valence-corrected chi connectivity index (χ1v) is 5.91. The summed E-state index contributed by atoms with van der Waals surface area (Å²) >= 11 is 5.73. The Kier molecular flexibility index (Phi) is 3.86. The highest BCUT2D eigenvalue weighted by Crippen LogP contribution is 2.26. The van der Waals surface area contributed by atoms with E-state index in [0.717, 1.165) is 0 Å². The van der Waals surface area contributed by atoms with E-state index in [4.69, 9.17) is 17.3 Å². The maximum absolute atomic E-state index is 11.9. The number of nitrogens with zero attached hydrogens (tertiary/aromatic N) is 1. The smallest absolute Gasteiger partial charge is 0.274 e. The molecule has 0 aliphatic carbocycles. The number of hydrogen-bond donors (Lipinski definition) is 3. The molecule has 1 aromatic heterocycles. The van der Waals surface area contributed by atoms with E-state index in [-0.39, 0.29) is 22.0 Å². The number of rotatable bonds is 3. The predicted molar refractivity (Wildman–Crippen MR) is 73.8 cm³/mol. The van der Waals surface area contributed by atoms with Crippen molar-refractivity contribution in [1.82, 2.24) is 4.98 Å². The van der Waals surface area contributed by atoms with Crippen LogP contribution in [0.25, 0.3) is 0 Å². The molecule has 1 aromatic carbocycles. The highest BCUT2D eigenvalue weighted by molar-refractivity contribution is 6.32. The number of primary amides is 1. The van der Waals surface area contributed by atoms with Crippen LogP contribution in [0.3, 0.4) is 0 Å². The normalized spacial score (nSPS) is 10.1. The number of phenols is 1. The van der Waals surface area contributed by atoms with Crippen LogP contribution in [0.2, 0.25) is 5.02 Å². The van der Waals surface area contributed by atoms with Gasteiger partial charge in [0.1, 0.15) is 11.4 Å². The highest BCUT2D eigenvalue weighted by Gasteiger charge is 2.10. The summed E-state index contributed by atoms with van der Waals surface area (Å²) in [6.45, 7) is 0. The van der Waals surface area contributed by atoms with Crippen LogP contribution in [-0.2, 0) is 0 Å². The van der Waals surface area contributed by atoms with Crippen LogP contribution in [0.15, 0.2) is 36.5 Å². The third kappa shape index (κ3) is 3.04. The first-order valence-electron chi connectivity index (χ1n) is 5.53. The van der Waals surface area contributed by atoms with E-state index < -0.39 is 11.8 Å². The molecule has 2 aromatic rings. The molecule has 0 saturated carbocycles. The minimum atomic E-state index is -0.616. The van der Waals surface area contributed by atoms with Gasteiger partial charge < -0.3 is 16.2 Å². The minimum absolute atomic E-state index is 0.0754. The second kappa shape index (κ2) is 5.58. The topological polar surface area (TPSA) is 105 Å². The zero-order valence-corrected chi connectivity index (χ0v) is 10.9. The zero-order valence-electron chi connectivity index (χ0n) is 10.1. The molecule has 0 radical (unpaired) electrons. The molecule has 1 heterocycles. The maximum atomic E-state index is 11.9. The first-order chi connectivity index (χ1) is 9.47. The van der Waals surface area contributed by atoms with Crippen LogP contribution in [-0.4, -0.2) is 21.9 Å². The lowest BCUT2D eigenvalue weighted by molar-refractivity contribution is 0.0993. The Morgan fingerprint density at radius 2 is 2.00 bits per heavy atom. The largest absolute Gasteiger partial charge is 0.506 e. The third-order valence-electron chi connectivity index (χ3n) is 2.49. The Balaban J connectivity index is 2.15. The molecule has 0 bridgehead atoms. The summed E-state index contributed by atoms with van der Waals surface area (Å²) in [5.74, 6) is -1.16. The molecule has 2 amide bonds. The van der Waals surface area contributed by atoms with Gasteiger partial charge in [-0.1, -0.05) is 11.6 Å². The molecule has 20 heavy (non-hydrogen) atoms. The van der Waals surface area contributed by atoms with Crippen molar-refractivity contribution in [3.05, 3.63) is 52.8 Å². The fraction of sp³-hybridized carbons (Fsp3) is 0. The van der Waals surface area contributed by atoms with Crippen LogP contribution < -0.4 is 11.1 Å². The number of nitrogens with one attached hydrogen (secondary N) is 1. The van der Waals surface area contributed by atoms with E-state index in [1.165, 1.54) is 36.5 Å². The number of aromatic hydroxyl groups is 1. The van der Waals surface area contributed by atoms with E-state index in [1.807, 2.05) is 0 Å². The number of nitrogens with two attached hydrogens (primary N) is 1. The zero-order chi connectivity index (χ0) is 14.7. The molecule has 0 unspecified atom stereocenters. The minimum Gasteiger partial charge on any atom is -0.506 e. The number of halogens is 1. The monoisotopic (exact) mass is 291 g/mol. The van der Waals surface area contributed by atoms with Crippen LogP contribution >= 0.6 is 11.6 Å². The number of hydrogen-bond acceptors (Lipinski definition) is 4. The van der Waals surface area contributed by atoms with Gasteiger partial charge in [-0.2, -0.15) is 0 Å². The van der Waals surface area contributed by atoms with Gasteiger partial charge in [-0.05, 0) is 30.3 Å². The molecule has 0 fully saturated rings. The highest BCUT2D eigenvalue weighted by atomic mass is 35.5. The summed E-state index contributed by atoms with van der Waals surface area (Å²) in [4.78, 5) is 26.6. The average molecular weight is 292 g/mol. The van der Waals surface area contributed by atoms with Gasteiger partial charge in [-0.15, -0.1) is 0 Å². The van der Waals surface area contributed by atoms with Crippen LogP contribution in [0.1, 0.15) is 20.8 Å². The van der Waals surface area contributed by atoms with Gasteiger partial charge >= 0.3 is 0 Å². The van der Waals surface area contributed by atoms with E-state index in [1.54, 1.807) is 0 Å². The first kappa shape index (κ1) is 13.8. The van der Waals surface area contributed by atoms with Crippen molar-refractivity contribution in [3.63, 3.8) is 0 Å². The molecule has 0 atom stereocenters. The van der Waals surface area contributed by atoms with Crippen molar-refractivity contribution in [2.75, 3.05) is 5.32 Å². The molecule has 6 nitrogen and oxygen atoms in total. The molecule has 0 aliphatic heterocycles. The summed E-state index contributed by atoms with van der Waals surface area (Å²) in [6.07, 6.45) is 1.22. The Morgan fingerprint density at radius 1 is 1.25 bits per heavy atom. The van der Waals surface area contributed by atoms with Crippen molar-refractivity contribution in [2.45, 2.75) is 0 Å². The number of amides is 2. The number of carbonyl (C=O) groups excluding carboxylic acids is 2. The molecule has 102 valence electrons. The van der Waals surface area contributed by atoms with Gasteiger partial charge in [0.15, 0.2) is 0 Å². The van der Waals surface area contributed by atoms with Crippen molar-refractivity contribution in [1.29, 1.82) is 0 Å². The van der Waals surface area contributed by atoms with Crippen LogP contribution in [0.5, 0.6) is 5.75 Å². The van der Waals surface area contributed by atoms with Crippen molar-refractivity contribution >= 4 is 29.1 Å². The number of carbonyl (C=O) groups is 2. The van der Waals surface area contributed by atoms with E-state index in [0.29, 0.717) is 5.69 Å². The Morgan fingerprint density at radius 3 is 2.55 bits per heavy atom. The van der Waals surface area contributed by atoms with Gasteiger partial charge in [-0.3, -0.25) is 14.6 Å². The number of pyridine rings is 1. The SMILES string of the molecule is NC(=O)c1ccc(C(=O)Nc2ccc(O)c(Cl)c2)nc1. The van der Waals surface area contributed by atoms with Crippen LogP contribution in [0, 0.1) is 0 Å². The average Bonchev–Trinajstić information content (AvgIpc) is 2.43. The Bertz CT molecular complexity index is 671. The second-order valence-corrected chi connectivity index (χ2v) is 4.32. The standard InChI is InChI=1S/C13H10ClN3O3/c14-9-5-8(2-4-11(9)18)17-13(20)10-3-1-7(6-16-10)12(15)19/h1-6,18H,(H2,15,19)(H,17,20). The lowest BCUT2D eigenvalue weighted by atomic mass is 10.2. The fourth-order valence-corrected chi connectivity index (χ4v) is 1.63. The van der Waals surface area contributed by atoms with Crippen molar-refractivity contribution in [2.24, 2.45) is 5.73 Å². The molecule has 0 aliphatic rings. The van der Waals surface area contributed by atoms with Crippen molar-refractivity contribution < 1.29 is 14.7 Å². The van der Waals surface area contributed by atoms with E-state index in [2.05, 4.69) is 10.3 Å².